The van der Waals surface area contributed by atoms with Crippen LogP contribution in [0.5, 0.6) is 0 Å². The molecule has 2 unspecified atom stereocenters. The van der Waals surface area contributed by atoms with Crippen LogP contribution in [0.3, 0.4) is 0 Å². The largest absolute Gasteiger partial charge is 0.324 e. The first kappa shape index (κ1) is 16.1. The lowest BCUT2D eigenvalue weighted by Crippen LogP contribution is -2.32. The van der Waals surface area contributed by atoms with Crippen molar-refractivity contribution >= 4 is 0 Å². The van der Waals surface area contributed by atoms with Crippen LogP contribution in [-0.4, -0.2) is 24.5 Å². The van der Waals surface area contributed by atoms with Crippen molar-refractivity contribution < 1.29 is 4.39 Å². The Morgan fingerprint density at radius 3 is 2.26 bits per heavy atom. The molecular formula is C16H27FN2. The number of halogens is 1. The number of nitrogens with two attached hydrogens (primary N) is 1. The summed E-state index contributed by atoms with van der Waals surface area (Å²) in [7, 11) is 2.14. The fourth-order valence-corrected chi connectivity index (χ4v) is 2.30. The summed E-state index contributed by atoms with van der Waals surface area (Å²) in [4.78, 5) is 2.35. The lowest BCUT2D eigenvalue weighted by atomic mass is 10.0. The van der Waals surface area contributed by atoms with E-state index in [1.165, 1.54) is 18.6 Å². The molecule has 0 amide bonds. The maximum Gasteiger partial charge on any atom is 0.123 e. The second-order valence-corrected chi connectivity index (χ2v) is 5.91. The smallest absolute Gasteiger partial charge is 0.123 e. The van der Waals surface area contributed by atoms with Gasteiger partial charge in [0.15, 0.2) is 0 Å². The molecular weight excluding hydrogens is 239 g/mol. The molecule has 0 radical (unpaired) electrons. The van der Waals surface area contributed by atoms with Gasteiger partial charge in [-0.15, -0.1) is 0 Å². The number of hydrogen-bond acceptors (Lipinski definition) is 2. The highest BCUT2D eigenvalue weighted by molar-refractivity contribution is 5.19. The van der Waals surface area contributed by atoms with Gasteiger partial charge >= 0.3 is 0 Å². The first-order valence-electron chi connectivity index (χ1n) is 7.11. The first-order valence-corrected chi connectivity index (χ1v) is 7.11. The third kappa shape index (κ3) is 5.70. The molecule has 0 saturated heterocycles. The molecule has 0 heterocycles. The summed E-state index contributed by atoms with van der Waals surface area (Å²) < 4.78 is 12.8. The number of benzene rings is 1. The zero-order valence-corrected chi connectivity index (χ0v) is 12.6. The zero-order chi connectivity index (χ0) is 14.4. The Hall–Kier alpha value is -0.930. The molecule has 2 atom stereocenters. The predicted molar refractivity (Wildman–Crippen MR) is 79.5 cm³/mol. The van der Waals surface area contributed by atoms with E-state index in [1.807, 2.05) is 0 Å². The van der Waals surface area contributed by atoms with Crippen LogP contribution in [0.2, 0.25) is 0 Å². The third-order valence-corrected chi connectivity index (χ3v) is 3.66. The molecule has 3 heteroatoms. The van der Waals surface area contributed by atoms with Crippen LogP contribution < -0.4 is 5.73 Å². The van der Waals surface area contributed by atoms with Crippen molar-refractivity contribution in [3.63, 3.8) is 0 Å². The number of hydrogen-bond donors (Lipinski definition) is 1. The SMILES string of the molecule is CC(C)CC(C)N(C)CCC(N)c1ccc(F)cc1. The summed E-state index contributed by atoms with van der Waals surface area (Å²) in [6.07, 6.45) is 2.09. The van der Waals surface area contributed by atoms with Crippen molar-refractivity contribution in [1.29, 1.82) is 0 Å². The molecule has 1 rings (SSSR count). The first-order chi connectivity index (χ1) is 8.90. The Kier molecular flexibility index (Phi) is 6.46. The highest BCUT2D eigenvalue weighted by atomic mass is 19.1. The molecule has 0 aliphatic heterocycles. The number of nitrogens with zero attached hydrogens (tertiary/aromatic N) is 1. The zero-order valence-electron chi connectivity index (χ0n) is 12.6. The molecule has 0 spiro atoms. The van der Waals surface area contributed by atoms with E-state index in [4.69, 9.17) is 5.73 Å². The van der Waals surface area contributed by atoms with Gasteiger partial charge in [-0.05, 0) is 57.0 Å². The standard InChI is InChI=1S/C16H27FN2/c1-12(2)11-13(3)19(4)10-9-16(18)14-5-7-15(17)8-6-14/h5-8,12-13,16H,9-11,18H2,1-4H3. The minimum absolute atomic E-state index is 0.0192. The van der Waals surface area contributed by atoms with E-state index in [2.05, 4.69) is 32.7 Å². The minimum atomic E-state index is -0.210. The molecule has 0 aliphatic rings. The maximum atomic E-state index is 12.8. The Morgan fingerprint density at radius 1 is 1.16 bits per heavy atom. The molecule has 0 aromatic heterocycles. The van der Waals surface area contributed by atoms with Gasteiger partial charge in [0, 0.05) is 12.1 Å². The Balaban J connectivity index is 2.41. The molecule has 0 aliphatic carbocycles. The van der Waals surface area contributed by atoms with E-state index >= 15 is 0 Å². The molecule has 0 fully saturated rings. The monoisotopic (exact) mass is 266 g/mol. The topological polar surface area (TPSA) is 29.3 Å². The fraction of sp³-hybridized carbons (Fsp3) is 0.625. The van der Waals surface area contributed by atoms with Gasteiger partial charge in [-0.25, -0.2) is 4.39 Å². The molecule has 2 nitrogen and oxygen atoms in total. The van der Waals surface area contributed by atoms with Gasteiger partial charge in [0.05, 0.1) is 0 Å². The summed E-state index contributed by atoms with van der Waals surface area (Å²) in [6.45, 7) is 7.71. The second kappa shape index (κ2) is 7.61. The van der Waals surface area contributed by atoms with Crippen LogP contribution in [-0.2, 0) is 0 Å². The van der Waals surface area contributed by atoms with Crippen molar-refractivity contribution in [1.82, 2.24) is 4.90 Å². The van der Waals surface area contributed by atoms with Gasteiger partial charge in [-0.2, -0.15) is 0 Å². The Morgan fingerprint density at radius 2 is 1.74 bits per heavy atom. The van der Waals surface area contributed by atoms with Crippen LogP contribution in [0.1, 0.15) is 45.2 Å². The van der Waals surface area contributed by atoms with Gasteiger partial charge in [0.1, 0.15) is 5.82 Å². The summed E-state index contributed by atoms with van der Waals surface area (Å²) in [5, 5.41) is 0. The van der Waals surface area contributed by atoms with E-state index in [0.29, 0.717) is 12.0 Å². The average molecular weight is 266 g/mol. The van der Waals surface area contributed by atoms with Crippen molar-refractivity contribution in [2.75, 3.05) is 13.6 Å². The number of rotatable bonds is 7. The van der Waals surface area contributed by atoms with E-state index in [-0.39, 0.29) is 11.9 Å². The van der Waals surface area contributed by atoms with Crippen LogP contribution >= 0.6 is 0 Å². The van der Waals surface area contributed by atoms with Gasteiger partial charge in [-0.3, -0.25) is 0 Å². The Bertz CT molecular complexity index is 362. The second-order valence-electron chi connectivity index (χ2n) is 5.91. The highest BCUT2D eigenvalue weighted by Gasteiger charge is 2.13. The fourth-order valence-electron chi connectivity index (χ4n) is 2.30. The summed E-state index contributed by atoms with van der Waals surface area (Å²) in [5.74, 6) is 0.502. The van der Waals surface area contributed by atoms with Crippen molar-refractivity contribution in [2.45, 2.75) is 45.7 Å². The molecule has 0 bridgehead atoms. The van der Waals surface area contributed by atoms with Crippen LogP contribution in [0.4, 0.5) is 4.39 Å². The molecule has 0 saturated carbocycles. The van der Waals surface area contributed by atoms with Crippen LogP contribution in [0, 0.1) is 11.7 Å². The van der Waals surface area contributed by atoms with E-state index in [1.54, 1.807) is 12.1 Å². The van der Waals surface area contributed by atoms with Crippen molar-refractivity contribution in [3.05, 3.63) is 35.6 Å². The summed E-state index contributed by atoms with van der Waals surface area (Å²) in [6, 6.07) is 7.05. The molecule has 2 N–H and O–H groups in total. The van der Waals surface area contributed by atoms with Gasteiger partial charge in [0.2, 0.25) is 0 Å². The van der Waals surface area contributed by atoms with Crippen LogP contribution in [0.15, 0.2) is 24.3 Å². The van der Waals surface area contributed by atoms with Gasteiger partial charge < -0.3 is 10.6 Å². The quantitative estimate of drug-likeness (QED) is 0.817. The predicted octanol–water partition coefficient (Wildman–Crippen LogP) is 3.58. The highest BCUT2D eigenvalue weighted by Crippen LogP contribution is 2.16. The van der Waals surface area contributed by atoms with Crippen LogP contribution in [0.25, 0.3) is 0 Å². The average Bonchev–Trinajstić information content (AvgIpc) is 2.35. The Labute approximate surface area is 116 Å². The van der Waals surface area contributed by atoms with Gasteiger partial charge in [0.25, 0.3) is 0 Å². The van der Waals surface area contributed by atoms with Crippen molar-refractivity contribution in [3.8, 4) is 0 Å². The van der Waals surface area contributed by atoms with E-state index in [9.17, 15) is 4.39 Å². The minimum Gasteiger partial charge on any atom is -0.324 e. The molecule has 19 heavy (non-hydrogen) atoms. The normalized spacial score (nSPS) is 14.9. The molecule has 1 aromatic carbocycles. The summed E-state index contributed by atoms with van der Waals surface area (Å²) in [5.41, 5.74) is 7.15. The van der Waals surface area contributed by atoms with E-state index in [0.717, 1.165) is 18.5 Å². The lowest BCUT2D eigenvalue weighted by Gasteiger charge is -2.27. The summed E-state index contributed by atoms with van der Waals surface area (Å²) >= 11 is 0. The van der Waals surface area contributed by atoms with E-state index < -0.39 is 0 Å². The van der Waals surface area contributed by atoms with Crippen molar-refractivity contribution in [2.24, 2.45) is 11.7 Å². The molecule has 1 aromatic rings. The van der Waals surface area contributed by atoms with Gasteiger partial charge in [-0.1, -0.05) is 26.0 Å². The molecule has 108 valence electrons. The maximum absolute atomic E-state index is 12.8. The lowest BCUT2D eigenvalue weighted by molar-refractivity contribution is 0.221. The third-order valence-electron chi connectivity index (χ3n) is 3.66.